The third-order valence-electron chi connectivity index (χ3n) is 5.57. The van der Waals surface area contributed by atoms with Crippen molar-refractivity contribution < 1.29 is 23.5 Å². The summed E-state index contributed by atoms with van der Waals surface area (Å²) in [7, 11) is 0. The number of hydrogen-bond donors (Lipinski definition) is 0. The molecule has 0 N–H and O–H groups in total. The molecule has 2 fully saturated rings. The number of esters is 1. The first-order chi connectivity index (χ1) is 13.5. The number of amides is 2. The third-order valence-corrected chi connectivity index (χ3v) is 5.57. The Morgan fingerprint density at radius 3 is 2.46 bits per heavy atom. The molecule has 1 atom stereocenters. The number of likely N-dealkylation sites (tertiary alicyclic amines) is 2. The van der Waals surface area contributed by atoms with E-state index in [0.717, 1.165) is 5.56 Å². The van der Waals surface area contributed by atoms with Crippen LogP contribution >= 0.6 is 0 Å². The molecule has 7 heteroatoms. The first kappa shape index (κ1) is 20.3. The van der Waals surface area contributed by atoms with Crippen molar-refractivity contribution in [3.05, 3.63) is 35.6 Å². The highest BCUT2D eigenvalue weighted by molar-refractivity contribution is 5.89. The SMILES string of the molecule is CCOC(=O)C1CCN(C(=O)[C@H]2CC(=O)N(CCc3ccc(F)cc3)C2)CC1. The van der Waals surface area contributed by atoms with Crippen LogP contribution in [0.25, 0.3) is 0 Å². The number of piperidine rings is 1. The first-order valence-corrected chi connectivity index (χ1v) is 9.95. The fourth-order valence-corrected chi connectivity index (χ4v) is 3.92. The molecule has 2 heterocycles. The summed E-state index contributed by atoms with van der Waals surface area (Å²) in [4.78, 5) is 40.4. The second-order valence-electron chi connectivity index (χ2n) is 7.47. The van der Waals surface area contributed by atoms with Crippen LogP contribution in [-0.4, -0.2) is 60.4 Å². The fraction of sp³-hybridized carbons (Fsp3) is 0.571. The van der Waals surface area contributed by atoms with E-state index in [0.29, 0.717) is 52.0 Å². The molecule has 1 aromatic rings. The predicted octanol–water partition coefficient (Wildman–Crippen LogP) is 2.02. The van der Waals surface area contributed by atoms with Crippen molar-refractivity contribution in [2.75, 3.05) is 32.8 Å². The van der Waals surface area contributed by atoms with Gasteiger partial charge in [-0.3, -0.25) is 14.4 Å². The Labute approximate surface area is 164 Å². The summed E-state index contributed by atoms with van der Waals surface area (Å²) in [5.41, 5.74) is 0.963. The zero-order chi connectivity index (χ0) is 20.1. The Bertz CT molecular complexity index is 714. The van der Waals surface area contributed by atoms with Crippen molar-refractivity contribution in [1.82, 2.24) is 9.80 Å². The van der Waals surface area contributed by atoms with Gasteiger partial charge in [-0.05, 0) is 43.9 Å². The van der Waals surface area contributed by atoms with Gasteiger partial charge in [0.2, 0.25) is 11.8 Å². The molecule has 2 aliphatic rings. The topological polar surface area (TPSA) is 66.9 Å². The van der Waals surface area contributed by atoms with E-state index in [2.05, 4.69) is 0 Å². The van der Waals surface area contributed by atoms with E-state index in [1.54, 1.807) is 28.9 Å². The van der Waals surface area contributed by atoms with Crippen LogP contribution in [0, 0.1) is 17.7 Å². The first-order valence-electron chi connectivity index (χ1n) is 9.95. The van der Waals surface area contributed by atoms with Crippen LogP contribution in [0.3, 0.4) is 0 Å². The molecule has 28 heavy (non-hydrogen) atoms. The zero-order valence-electron chi connectivity index (χ0n) is 16.2. The van der Waals surface area contributed by atoms with Crippen molar-refractivity contribution in [3.8, 4) is 0 Å². The minimum absolute atomic E-state index is 0.0000546. The maximum absolute atomic E-state index is 13.0. The molecular formula is C21H27FN2O4. The second-order valence-corrected chi connectivity index (χ2v) is 7.47. The van der Waals surface area contributed by atoms with E-state index in [4.69, 9.17) is 4.74 Å². The number of rotatable bonds is 6. The fourth-order valence-electron chi connectivity index (χ4n) is 3.92. The molecule has 0 aliphatic carbocycles. The Morgan fingerprint density at radius 2 is 1.82 bits per heavy atom. The molecule has 1 aromatic carbocycles. The molecule has 3 rings (SSSR count). The zero-order valence-corrected chi connectivity index (χ0v) is 16.2. The van der Waals surface area contributed by atoms with Crippen LogP contribution in [0.1, 0.15) is 31.7 Å². The average Bonchev–Trinajstić information content (AvgIpc) is 3.08. The van der Waals surface area contributed by atoms with Crippen molar-refractivity contribution in [2.45, 2.75) is 32.6 Å². The lowest BCUT2D eigenvalue weighted by atomic mass is 9.95. The summed E-state index contributed by atoms with van der Waals surface area (Å²) in [6.45, 7) is 4.17. The third kappa shape index (κ3) is 4.88. The highest BCUT2D eigenvalue weighted by atomic mass is 19.1. The van der Waals surface area contributed by atoms with Crippen molar-refractivity contribution in [3.63, 3.8) is 0 Å². The number of benzene rings is 1. The summed E-state index contributed by atoms with van der Waals surface area (Å²) < 4.78 is 18.0. The standard InChI is InChI=1S/C21H27FN2O4/c1-2-28-21(27)16-8-11-23(12-9-16)20(26)17-13-19(25)24(14-17)10-7-15-3-5-18(22)6-4-15/h3-6,16-17H,2,7-14H2,1H3/t17-/m0/s1. The number of carbonyl (C=O) groups is 3. The van der Waals surface area contributed by atoms with E-state index in [1.165, 1.54) is 12.1 Å². The van der Waals surface area contributed by atoms with Gasteiger partial charge in [-0.1, -0.05) is 12.1 Å². The van der Waals surface area contributed by atoms with E-state index in [1.807, 2.05) is 0 Å². The summed E-state index contributed by atoms with van der Waals surface area (Å²) in [5, 5.41) is 0. The van der Waals surface area contributed by atoms with Gasteiger partial charge in [0.1, 0.15) is 5.82 Å². The number of halogens is 1. The molecule has 0 radical (unpaired) electrons. The number of carbonyl (C=O) groups excluding carboxylic acids is 3. The summed E-state index contributed by atoms with van der Waals surface area (Å²) in [6, 6.07) is 6.25. The largest absolute Gasteiger partial charge is 0.466 e. The highest BCUT2D eigenvalue weighted by Crippen LogP contribution is 2.25. The Hall–Kier alpha value is -2.44. The summed E-state index contributed by atoms with van der Waals surface area (Å²) >= 11 is 0. The number of ether oxygens (including phenoxy) is 1. The molecule has 0 saturated carbocycles. The van der Waals surface area contributed by atoms with Gasteiger partial charge in [-0.2, -0.15) is 0 Å². The van der Waals surface area contributed by atoms with E-state index < -0.39 is 0 Å². The second kappa shape index (κ2) is 9.17. The minimum Gasteiger partial charge on any atom is -0.466 e. The molecule has 6 nitrogen and oxygen atoms in total. The van der Waals surface area contributed by atoms with Crippen LogP contribution in [0.4, 0.5) is 4.39 Å². The summed E-state index contributed by atoms with van der Waals surface area (Å²) in [5.74, 6) is -0.931. The van der Waals surface area contributed by atoms with Gasteiger partial charge in [0.15, 0.2) is 0 Å². The minimum atomic E-state index is -0.320. The lowest BCUT2D eigenvalue weighted by molar-refractivity contribution is -0.151. The Morgan fingerprint density at radius 1 is 1.14 bits per heavy atom. The van der Waals surface area contributed by atoms with Crippen molar-refractivity contribution >= 4 is 17.8 Å². The monoisotopic (exact) mass is 390 g/mol. The number of nitrogens with zero attached hydrogens (tertiary/aromatic N) is 2. The van der Waals surface area contributed by atoms with Gasteiger partial charge < -0.3 is 14.5 Å². The maximum Gasteiger partial charge on any atom is 0.309 e. The van der Waals surface area contributed by atoms with Crippen molar-refractivity contribution in [2.24, 2.45) is 11.8 Å². The lowest BCUT2D eigenvalue weighted by Crippen LogP contribution is -2.44. The summed E-state index contributed by atoms with van der Waals surface area (Å²) in [6.07, 6.45) is 2.09. The normalized spacial score (nSPS) is 20.5. The van der Waals surface area contributed by atoms with Crippen LogP contribution in [0.2, 0.25) is 0 Å². The maximum atomic E-state index is 13.0. The Balaban J connectivity index is 1.47. The van der Waals surface area contributed by atoms with Crippen molar-refractivity contribution in [1.29, 1.82) is 0 Å². The molecule has 152 valence electrons. The van der Waals surface area contributed by atoms with Gasteiger partial charge in [0.25, 0.3) is 0 Å². The molecule has 0 spiro atoms. The van der Waals surface area contributed by atoms with Gasteiger partial charge in [-0.15, -0.1) is 0 Å². The van der Waals surface area contributed by atoms with Crippen LogP contribution in [-0.2, 0) is 25.5 Å². The molecule has 0 unspecified atom stereocenters. The van der Waals surface area contributed by atoms with Crippen LogP contribution < -0.4 is 0 Å². The van der Waals surface area contributed by atoms with E-state index >= 15 is 0 Å². The molecule has 2 aliphatic heterocycles. The molecule has 0 aromatic heterocycles. The van der Waals surface area contributed by atoms with Gasteiger partial charge in [0.05, 0.1) is 18.4 Å². The molecule has 2 amide bonds. The number of hydrogen-bond acceptors (Lipinski definition) is 4. The average molecular weight is 390 g/mol. The smallest absolute Gasteiger partial charge is 0.309 e. The van der Waals surface area contributed by atoms with Crippen LogP contribution in [0.15, 0.2) is 24.3 Å². The molecular weight excluding hydrogens is 363 g/mol. The van der Waals surface area contributed by atoms with Gasteiger partial charge >= 0.3 is 5.97 Å². The predicted molar refractivity (Wildman–Crippen MR) is 101 cm³/mol. The van der Waals surface area contributed by atoms with Crippen LogP contribution in [0.5, 0.6) is 0 Å². The highest BCUT2D eigenvalue weighted by Gasteiger charge is 2.38. The Kier molecular flexibility index (Phi) is 6.65. The molecule has 0 bridgehead atoms. The van der Waals surface area contributed by atoms with E-state index in [-0.39, 0.29) is 41.9 Å². The quantitative estimate of drug-likeness (QED) is 0.697. The van der Waals surface area contributed by atoms with E-state index in [9.17, 15) is 18.8 Å². The molecule has 2 saturated heterocycles. The lowest BCUT2D eigenvalue weighted by Gasteiger charge is -2.32. The van der Waals surface area contributed by atoms with Gasteiger partial charge in [0, 0.05) is 32.6 Å². The van der Waals surface area contributed by atoms with Gasteiger partial charge in [-0.25, -0.2) is 4.39 Å².